The lowest BCUT2D eigenvalue weighted by Gasteiger charge is -2.22. The molecule has 1 unspecified atom stereocenters. The molecule has 1 aliphatic heterocycles. The Morgan fingerprint density at radius 3 is 2.61 bits per heavy atom. The molecule has 2 amide bonds. The summed E-state index contributed by atoms with van der Waals surface area (Å²) in [6, 6.07) is -0.459. The number of nitrogens with one attached hydrogen (secondary N) is 2. The molecule has 18 heavy (non-hydrogen) atoms. The fraction of sp³-hybridized carbons (Fsp3) is 0.800. The molecule has 0 spiro atoms. The molecule has 1 aliphatic rings. The van der Waals surface area contributed by atoms with Gasteiger partial charge in [-0.25, -0.2) is 13.2 Å². The van der Waals surface area contributed by atoms with E-state index < -0.39 is 21.8 Å². The van der Waals surface area contributed by atoms with Crippen LogP contribution in [0.1, 0.15) is 19.3 Å². The number of aliphatic carboxylic acids is 1. The van der Waals surface area contributed by atoms with Gasteiger partial charge in [0, 0.05) is 13.1 Å². The highest BCUT2D eigenvalue weighted by Gasteiger charge is 2.24. The van der Waals surface area contributed by atoms with Crippen LogP contribution in [0.25, 0.3) is 0 Å². The van der Waals surface area contributed by atoms with Crippen molar-refractivity contribution in [2.75, 3.05) is 24.6 Å². The second-order valence-corrected chi connectivity index (χ2v) is 6.63. The fourth-order valence-corrected chi connectivity index (χ4v) is 3.64. The Balaban J connectivity index is 2.20. The molecule has 0 saturated carbocycles. The molecule has 104 valence electrons. The molecule has 0 aromatic carbocycles. The summed E-state index contributed by atoms with van der Waals surface area (Å²) >= 11 is 0. The first-order chi connectivity index (χ1) is 8.39. The van der Waals surface area contributed by atoms with Crippen LogP contribution in [0.3, 0.4) is 0 Å². The normalized spacial score (nSPS) is 22.1. The molecular weight excluding hydrogens is 260 g/mol. The molecule has 7 nitrogen and oxygen atoms in total. The standard InChI is InChI=1S/C10H18N2O5S/c13-9(14)3-4-11-10(15)12-6-8-2-1-5-18(16,17)7-8/h8H,1-7H2,(H,13,14)(H2,11,12,15). The van der Waals surface area contributed by atoms with Crippen LogP contribution < -0.4 is 10.6 Å². The Bertz CT molecular complexity index is 406. The quantitative estimate of drug-likeness (QED) is 0.632. The molecule has 1 rings (SSSR count). The highest BCUT2D eigenvalue weighted by Crippen LogP contribution is 2.17. The molecule has 8 heteroatoms. The van der Waals surface area contributed by atoms with E-state index in [1.54, 1.807) is 0 Å². The number of urea groups is 1. The molecule has 0 aromatic rings. The molecule has 3 N–H and O–H groups in total. The maximum atomic E-state index is 11.4. The lowest BCUT2D eigenvalue weighted by molar-refractivity contribution is -0.136. The van der Waals surface area contributed by atoms with Crippen LogP contribution in [0.4, 0.5) is 4.79 Å². The number of carboxylic acids is 1. The van der Waals surface area contributed by atoms with Crippen molar-refractivity contribution in [2.45, 2.75) is 19.3 Å². The minimum absolute atomic E-state index is 0.0472. The third-order valence-corrected chi connectivity index (χ3v) is 4.62. The van der Waals surface area contributed by atoms with Gasteiger partial charge < -0.3 is 15.7 Å². The predicted molar refractivity (Wildman–Crippen MR) is 65.0 cm³/mol. The van der Waals surface area contributed by atoms with Gasteiger partial charge in [-0.3, -0.25) is 4.79 Å². The van der Waals surface area contributed by atoms with Gasteiger partial charge in [0.25, 0.3) is 0 Å². The smallest absolute Gasteiger partial charge is 0.314 e. The van der Waals surface area contributed by atoms with E-state index in [4.69, 9.17) is 5.11 Å². The third kappa shape index (κ3) is 5.85. The van der Waals surface area contributed by atoms with Gasteiger partial charge in [0.1, 0.15) is 0 Å². The number of amides is 2. The van der Waals surface area contributed by atoms with Crippen LogP contribution in [-0.4, -0.2) is 50.1 Å². The van der Waals surface area contributed by atoms with Crippen molar-refractivity contribution in [1.82, 2.24) is 10.6 Å². The van der Waals surface area contributed by atoms with Gasteiger partial charge in [0.15, 0.2) is 9.84 Å². The Hall–Kier alpha value is -1.31. The van der Waals surface area contributed by atoms with E-state index in [-0.39, 0.29) is 30.4 Å². The highest BCUT2D eigenvalue weighted by molar-refractivity contribution is 7.91. The van der Waals surface area contributed by atoms with Crippen LogP contribution in [0, 0.1) is 5.92 Å². The Labute approximate surface area is 106 Å². The number of carbonyl (C=O) groups is 2. The van der Waals surface area contributed by atoms with E-state index in [0.29, 0.717) is 13.0 Å². The van der Waals surface area contributed by atoms with E-state index in [9.17, 15) is 18.0 Å². The van der Waals surface area contributed by atoms with Crippen molar-refractivity contribution in [3.05, 3.63) is 0 Å². The molecule has 0 bridgehead atoms. The second-order valence-electron chi connectivity index (χ2n) is 4.40. The second kappa shape index (κ2) is 6.58. The summed E-state index contributed by atoms with van der Waals surface area (Å²) < 4.78 is 22.7. The molecule has 0 radical (unpaired) electrons. The van der Waals surface area contributed by atoms with E-state index in [0.717, 1.165) is 6.42 Å². The first-order valence-corrected chi connectivity index (χ1v) is 7.65. The van der Waals surface area contributed by atoms with Crippen LogP contribution in [-0.2, 0) is 14.6 Å². The first kappa shape index (κ1) is 14.7. The molecule has 1 heterocycles. The van der Waals surface area contributed by atoms with Gasteiger partial charge in [-0.2, -0.15) is 0 Å². The highest BCUT2D eigenvalue weighted by atomic mass is 32.2. The van der Waals surface area contributed by atoms with Crippen molar-refractivity contribution in [1.29, 1.82) is 0 Å². The Morgan fingerprint density at radius 2 is 2.00 bits per heavy atom. The predicted octanol–water partition coefficient (Wildman–Crippen LogP) is -0.415. The monoisotopic (exact) mass is 278 g/mol. The summed E-state index contributed by atoms with van der Waals surface area (Å²) in [5.41, 5.74) is 0. The first-order valence-electron chi connectivity index (χ1n) is 5.83. The minimum atomic E-state index is -2.96. The minimum Gasteiger partial charge on any atom is -0.481 e. The van der Waals surface area contributed by atoms with Crippen molar-refractivity contribution < 1.29 is 23.1 Å². The number of rotatable bonds is 5. The molecular formula is C10H18N2O5S. The Morgan fingerprint density at radius 1 is 1.28 bits per heavy atom. The average Bonchev–Trinajstić information content (AvgIpc) is 2.24. The summed E-state index contributed by atoms with van der Waals surface area (Å²) in [5.74, 6) is -0.681. The van der Waals surface area contributed by atoms with E-state index >= 15 is 0 Å². The summed E-state index contributed by atoms with van der Waals surface area (Å²) in [7, 11) is -2.96. The van der Waals surface area contributed by atoms with Crippen LogP contribution in [0.5, 0.6) is 0 Å². The zero-order valence-corrected chi connectivity index (χ0v) is 10.8. The lowest BCUT2D eigenvalue weighted by atomic mass is 10.1. The van der Waals surface area contributed by atoms with Gasteiger partial charge >= 0.3 is 12.0 Å². The van der Waals surface area contributed by atoms with Crippen LogP contribution in [0.2, 0.25) is 0 Å². The van der Waals surface area contributed by atoms with Gasteiger partial charge in [0.2, 0.25) is 0 Å². The lowest BCUT2D eigenvalue weighted by Crippen LogP contribution is -2.41. The van der Waals surface area contributed by atoms with Crippen molar-refractivity contribution in [2.24, 2.45) is 5.92 Å². The van der Waals surface area contributed by atoms with Gasteiger partial charge in [-0.15, -0.1) is 0 Å². The summed E-state index contributed by atoms with van der Waals surface area (Å²) in [5, 5.41) is 13.3. The van der Waals surface area contributed by atoms with Gasteiger partial charge in [0.05, 0.1) is 17.9 Å². The largest absolute Gasteiger partial charge is 0.481 e. The number of carbonyl (C=O) groups excluding carboxylic acids is 1. The van der Waals surface area contributed by atoms with Crippen molar-refractivity contribution in [3.63, 3.8) is 0 Å². The maximum Gasteiger partial charge on any atom is 0.314 e. The molecule has 1 saturated heterocycles. The van der Waals surface area contributed by atoms with Gasteiger partial charge in [-0.05, 0) is 18.8 Å². The number of carboxylic acid groups (broad SMARTS) is 1. The zero-order chi connectivity index (χ0) is 13.6. The summed E-state index contributed by atoms with van der Waals surface area (Å²) in [4.78, 5) is 21.5. The number of hydrogen-bond acceptors (Lipinski definition) is 4. The maximum absolute atomic E-state index is 11.4. The SMILES string of the molecule is O=C(O)CCNC(=O)NCC1CCCS(=O)(=O)C1. The van der Waals surface area contributed by atoms with Gasteiger partial charge in [-0.1, -0.05) is 0 Å². The summed E-state index contributed by atoms with van der Waals surface area (Å²) in [6.07, 6.45) is 1.29. The third-order valence-electron chi connectivity index (χ3n) is 2.73. The van der Waals surface area contributed by atoms with Crippen molar-refractivity contribution in [3.8, 4) is 0 Å². The van der Waals surface area contributed by atoms with E-state index in [1.165, 1.54) is 0 Å². The molecule has 0 aliphatic carbocycles. The topological polar surface area (TPSA) is 113 Å². The van der Waals surface area contributed by atoms with E-state index in [1.807, 2.05) is 0 Å². The molecule has 0 aromatic heterocycles. The Kier molecular flexibility index (Phi) is 5.39. The molecule has 1 atom stereocenters. The van der Waals surface area contributed by atoms with Crippen LogP contribution >= 0.6 is 0 Å². The molecule has 1 fully saturated rings. The van der Waals surface area contributed by atoms with Crippen molar-refractivity contribution >= 4 is 21.8 Å². The van der Waals surface area contributed by atoms with E-state index in [2.05, 4.69) is 10.6 Å². The average molecular weight is 278 g/mol. The number of sulfone groups is 1. The van der Waals surface area contributed by atoms with Crippen LogP contribution in [0.15, 0.2) is 0 Å². The zero-order valence-electron chi connectivity index (χ0n) is 10.0. The summed E-state index contributed by atoms with van der Waals surface area (Å²) in [6.45, 7) is 0.363. The number of hydrogen-bond donors (Lipinski definition) is 3. The fourth-order valence-electron chi connectivity index (χ4n) is 1.86.